The lowest BCUT2D eigenvalue weighted by Crippen LogP contribution is -2.21. The van der Waals surface area contributed by atoms with Crippen molar-refractivity contribution in [2.75, 3.05) is 14.2 Å². The second-order valence-corrected chi connectivity index (χ2v) is 5.98. The number of hydrogen-bond donors (Lipinski definition) is 2. The van der Waals surface area contributed by atoms with E-state index in [2.05, 4.69) is 5.32 Å². The first-order valence-corrected chi connectivity index (χ1v) is 8.03. The van der Waals surface area contributed by atoms with Gasteiger partial charge >= 0.3 is 0 Å². The molecule has 1 fully saturated rings. The number of nitrogens with one attached hydrogen (secondary N) is 1. The van der Waals surface area contributed by atoms with Crippen molar-refractivity contribution in [1.82, 2.24) is 5.32 Å². The fourth-order valence-corrected chi connectivity index (χ4v) is 2.91. The number of ketones is 1. The zero-order valence-corrected chi connectivity index (χ0v) is 14.7. The number of methoxy groups -OCH3 is 2. The molecule has 6 heteroatoms. The van der Waals surface area contributed by atoms with Crippen molar-refractivity contribution in [2.45, 2.75) is 13.0 Å². The van der Waals surface area contributed by atoms with E-state index in [1.54, 1.807) is 18.2 Å². The molecule has 0 radical (unpaired) electrons. The predicted octanol–water partition coefficient (Wildman–Crippen LogP) is 2.72. The fraction of sp³-hybridized carbons (Fsp3) is 0.200. The fourth-order valence-electron chi connectivity index (χ4n) is 2.91. The third-order valence-electron chi connectivity index (χ3n) is 4.34. The molecule has 1 heterocycles. The van der Waals surface area contributed by atoms with E-state index in [4.69, 9.17) is 9.47 Å². The molecule has 1 amide bonds. The molecule has 2 N–H and O–H groups in total. The van der Waals surface area contributed by atoms with Gasteiger partial charge in [-0.3, -0.25) is 9.59 Å². The van der Waals surface area contributed by atoms with E-state index in [0.29, 0.717) is 17.1 Å². The van der Waals surface area contributed by atoms with E-state index in [9.17, 15) is 14.7 Å². The van der Waals surface area contributed by atoms with Crippen LogP contribution in [-0.4, -0.2) is 31.0 Å². The monoisotopic (exact) mass is 353 g/mol. The van der Waals surface area contributed by atoms with E-state index in [1.165, 1.54) is 14.2 Å². The lowest BCUT2D eigenvalue weighted by molar-refractivity contribution is -0.133. The zero-order valence-electron chi connectivity index (χ0n) is 14.7. The molecule has 0 bridgehead atoms. The lowest BCUT2D eigenvalue weighted by Gasteiger charge is -2.15. The first-order valence-electron chi connectivity index (χ1n) is 8.03. The topological polar surface area (TPSA) is 84.9 Å². The summed E-state index contributed by atoms with van der Waals surface area (Å²) < 4.78 is 10.4. The first kappa shape index (κ1) is 17.5. The van der Waals surface area contributed by atoms with Crippen LogP contribution < -0.4 is 14.8 Å². The predicted molar refractivity (Wildman–Crippen MR) is 96.2 cm³/mol. The van der Waals surface area contributed by atoms with Crippen molar-refractivity contribution >= 4 is 17.4 Å². The Morgan fingerprint density at radius 3 is 2.27 bits per heavy atom. The van der Waals surface area contributed by atoms with Crippen LogP contribution in [0.2, 0.25) is 0 Å². The maximum atomic E-state index is 12.4. The molecule has 0 saturated carbocycles. The minimum atomic E-state index is -0.747. The molecule has 1 aliphatic heterocycles. The molecule has 6 nitrogen and oxygen atoms in total. The normalized spacial score (nSPS) is 18.5. The van der Waals surface area contributed by atoms with Crippen LogP contribution in [0.25, 0.3) is 5.76 Å². The summed E-state index contributed by atoms with van der Waals surface area (Å²) in [5, 5.41) is 13.4. The minimum absolute atomic E-state index is 0.0195. The molecule has 0 unspecified atom stereocenters. The van der Waals surface area contributed by atoms with Gasteiger partial charge in [-0.05, 0) is 30.7 Å². The van der Waals surface area contributed by atoms with Gasteiger partial charge in [0.25, 0.3) is 11.7 Å². The van der Waals surface area contributed by atoms with Crippen LogP contribution in [0, 0.1) is 6.92 Å². The van der Waals surface area contributed by atoms with Gasteiger partial charge in [-0.25, -0.2) is 0 Å². The summed E-state index contributed by atoms with van der Waals surface area (Å²) in [6.45, 7) is 1.94. The molecule has 0 aliphatic carbocycles. The van der Waals surface area contributed by atoms with Crippen molar-refractivity contribution in [3.05, 3.63) is 64.7 Å². The van der Waals surface area contributed by atoms with E-state index in [-0.39, 0.29) is 11.3 Å². The highest BCUT2D eigenvalue weighted by molar-refractivity contribution is 6.46. The van der Waals surface area contributed by atoms with E-state index in [0.717, 1.165) is 11.1 Å². The van der Waals surface area contributed by atoms with Gasteiger partial charge in [0.2, 0.25) is 0 Å². The molecule has 1 saturated heterocycles. The van der Waals surface area contributed by atoms with Gasteiger partial charge in [0.1, 0.15) is 5.76 Å². The minimum Gasteiger partial charge on any atom is -0.507 e. The van der Waals surface area contributed by atoms with Gasteiger partial charge in [0.05, 0.1) is 25.8 Å². The van der Waals surface area contributed by atoms with E-state index in [1.807, 2.05) is 31.2 Å². The molecule has 2 aromatic rings. The maximum Gasteiger partial charge on any atom is 0.293 e. The number of aliphatic hydroxyl groups excluding tert-OH is 1. The number of aryl methyl sites for hydroxylation is 1. The van der Waals surface area contributed by atoms with Crippen molar-refractivity contribution in [1.29, 1.82) is 0 Å². The van der Waals surface area contributed by atoms with Crippen LogP contribution in [0.15, 0.2) is 48.0 Å². The average Bonchev–Trinajstić information content (AvgIpc) is 2.96. The Kier molecular flexibility index (Phi) is 4.67. The molecule has 26 heavy (non-hydrogen) atoms. The molecule has 1 aliphatic rings. The summed E-state index contributed by atoms with van der Waals surface area (Å²) in [7, 11) is 2.99. The Morgan fingerprint density at radius 2 is 1.65 bits per heavy atom. The van der Waals surface area contributed by atoms with Crippen molar-refractivity contribution in [2.24, 2.45) is 0 Å². The summed E-state index contributed by atoms with van der Waals surface area (Å²) in [6.07, 6.45) is 0. The van der Waals surface area contributed by atoms with E-state index >= 15 is 0 Å². The number of carbonyl (C=O) groups excluding carboxylic acids is 2. The SMILES string of the molecule is COc1ccc(C(O)=C2C(=O)C(=O)N[C@H]2c2ccc(C)cc2)cc1OC. The van der Waals surface area contributed by atoms with Crippen LogP contribution in [0.5, 0.6) is 11.5 Å². The van der Waals surface area contributed by atoms with Crippen LogP contribution in [-0.2, 0) is 9.59 Å². The summed E-state index contributed by atoms with van der Waals surface area (Å²) in [6, 6.07) is 11.5. The van der Waals surface area contributed by atoms with Gasteiger partial charge in [-0.15, -0.1) is 0 Å². The lowest BCUT2D eigenvalue weighted by atomic mass is 9.95. The summed E-state index contributed by atoms with van der Waals surface area (Å²) in [4.78, 5) is 24.3. The Labute approximate surface area is 151 Å². The van der Waals surface area contributed by atoms with Gasteiger partial charge < -0.3 is 19.9 Å². The number of amides is 1. The Morgan fingerprint density at radius 1 is 1.00 bits per heavy atom. The Hall–Kier alpha value is -3.28. The highest BCUT2D eigenvalue weighted by Gasteiger charge is 2.39. The number of ether oxygens (including phenoxy) is 2. The number of hydrogen-bond acceptors (Lipinski definition) is 5. The first-order chi connectivity index (χ1) is 12.5. The molecule has 3 rings (SSSR count). The second-order valence-electron chi connectivity index (χ2n) is 5.98. The summed E-state index contributed by atoms with van der Waals surface area (Å²) in [5.41, 5.74) is 2.15. The highest BCUT2D eigenvalue weighted by atomic mass is 16.5. The molecular formula is C20H19NO5. The molecule has 0 spiro atoms. The number of carbonyl (C=O) groups is 2. The molecule has 0 aromatic heterocycles. The standard InChI is InChI=1S/C20H19NO5/c1-11-4-6-12(7-5-11)17-16(19(23)20(24)21-17)18(22)13-8-9-14(25-2)15(10-13)26-3/h4-10,17,22H,1-3H3,(H,21,24)/t17-/m0/s1. The van der Waals surface area contributed by atoms with E-state index < -0.39 is 17.7 Å². The number of aliphatic hydroxyl groups is 1. The third kappa shape index (κ3) is 3.01. The largest absolute Gasteiger partial charge is 0.507 e. The summed E-state index contributed by atoms with van der Waals surface area (Å²) in [5.74, 6) is -0.842. The summed E-state index contributed by atoms with van der Waals surface area (Å²) >= 11 is 0. The van der Waals surface area contributed by atoms with Crippen LogP contribution in [0.3, 0.4) is 0 Å². The maximum absolute atomic E-state index is 12.4. The van der Waals surface area contributed by atoms with Crippen LogP contribution in [0.1, 0.15) is 22.7 Å². The number of rotatable bonds is 4. The highest BCUT2D eigenvalue weighted by Crippen LogP contribution is 2.35. The van der Waals surface area contributed by atoms with Gasteiger partial charge in [0, 0.05) is 5.56 Å². The number of benzene rings is 2. The number of Topliss-reactive ketones (excluding diaryl/α,β-unsaturated/α-hetero) is 1. The van der Waals surface area contributed by atoms with Crippen molar-refractivity contribution in [3.8, 4) is 11.5 Å². The van der Waals surface area contributed by atoms with Crippen LogP contribution in [0.4, 0.5) is 0 Å². The van der Waals surface area contributed by atoms with Gasteiger partial charge in [0.15, 0.2) is 11.5 Å². The van der Waals surface area contributed by atoms with Crippen molar-refractivity contribution in [3.63, 3.8) is 0 Å². The van der Waals surface area contributed by atoms with Crippen molar-refractivity contribution < 1.29 is 24.2 Å². The van der Waals surface area contributed by atoms with Gasteiger partial charge in [-0.2, -0.15) is 0 Å². The smallest absolute Gasteiger partial charge is 0.293 e. The average molecular weight is 353 g/mol. The Balaban J connectivity index is 2.11. The quantitative estimate of drug-likeness (QED) is 0.502. The van der Waals surface area contributed by atoms with Gasteiger partial charge in [-0.1, -0.05) is 29.8 Å². The zero-order chi connectivity index (χ0) is 18.8. The third-order valence-corrected chi connectivity index (χ3v) is 4.34. The molecule has 1 atom stereocenters. The molecular weight excluding hydrogens is 334 g/mol. The second kappa shape index (κ2) is 6.92. The Bertz CT molecular complexity index is 899. The molecule has 134 valence electrons. The molecule has 2 aromatic carbocycles. The van der Waals surface area contributed by atoms with Crippen LogP contribution >= 0.6 is 0 Å².